The maximum atomic E-state index is 14.1. The van der Waals surface area contributed by atoms with Crippen LogP contribution in [-0.2, 0) is 0 Å². The summed E-state index contributed by atoms with van der Waals surface area (Å²) in [5.41, 5.74) is -1.78. The topological polar surface area (TPSA) is 67.4 Å². The third-order valence-corrected chi connectivity index (χ3v) is 5.11. The predicted octanol–water partition coefficient (Wildman–Crippen LogP) is 6.28. The molecule has 0 radical (unpaired) electrons. The molecule has 11 heteroatoms. The highest BCUT2D eigenvalue weighted by Gasteiger charge is 2.21. The third-order valence-electron chi connectivity index (χ3n) is 4.20. The van der Waals surface area contributed by atoms with Gasteiger partial charge in [0.15, 0.2) is 23.3 Å². The Kier molecular flexibility index (Phi) is 7.19. The van der Waals surface area contributed by atoms with Gasteiger partial charge in [-0.3, -0.25) is 9.59 Å². The highest BCUT2D eigenvalue weighted by atomic mass is 79.9. The minimum Gasteiger partial charge on any atom is -0.496 e. The lowest BCUT2D eigenvalue weighted by molar-refractivity contribution is 0.102. The van der Waals surface area contributed by atoms with Gasteiger partial charge in [0.2, 0.25) is 0 Å². The molecular weight excluding hydrogens is 564 g/mol. The van der Waals surface area contributed by atoms with E-state index in [1.807, 2.05) is 0 Å². The van der Waals surface area contributed by atoms with Gasteiger partial charge in [-0.25, -0.2) is 17.6 Å². The molecule has 0 saturated carbocycles. The number of carbonyl (C=O) groups excluding carboxylic acids is 2. The summed E-state index contributed by atoms with van der Waals surface area (Å²) in [5.74, 6) is -5.99. The van der Waals surface area contributed by atoms with Crippen molar-refractivity contribution in [3.8, 4) is 5.75 Å². The van der Waals surface area contributed by atoms with Gasteiger partial charge in [-0.15, -0.1) is 0 Å². The number of hydrogen-bond donors (Lipinski definition) is 2. The zero-order valence-electron chi connectivity index (χ0n) is 16.0. The van der Waals surface area contributed by atoms with Gasteiger partial charge >= 0.3 is 0 Å². The molecule has 0 bridgehead atoms. The standard InChI is InChI=1S/C21H12Br2F4N2O3/c1-32-17-3-2-9(20(30)28-18-13(24)5-10(22)6-14(18)25)4-12(17)21(31)29-19-15(26)7-11(23)8-16(19)27/h2-8H,1H3,(H,28,30)(H,29,31). The Balaban J connectivity index is 1.92. The fourth-order valence-corrected chi connectivity index (χ4v) is 3.52. The number of benzene rings is 3. The van der Waals surface area contributed by atoms with Crippen LogP contribution in [0.3, 0.4) is 0 Å². The average Bonchev–Trinajstić information content (AvgIpc) is 2.72. The molecule has 0 spiro atoms. The zero-order valence-corrected chi connectivity index (χ0v) is 19.2. The molecule has 2 amide bonds. The molecule has 0 atom stereocenters. The number of hydrogen-bond acceptors (Lipinski definition) is 3. The molecule has 5 nitrogen and oxygen atoms in total. The van der Waals surface area contributed by atoms with Crippen molar-refractivity contribution in [3.05, 3.63) is 85.8 Å². The van der Waals surface area contributed by atoms with Crippen LogP contribution < -0.4 is 15.4 Å². The molecule has 0 heterocycles. The molecular formula is C21H12Br2F4N2O3. The Morgan fingerprint density at radius 1 is 0.750 bits per heavy atom. The van der Waals surface area contributed by atoms with E-state index in [1.54, 1.807) is 0 Å². The predicted molar refractivity (Wildman–Crippen MR) is 117 cm³/mol. The van der Waals surface area contributed by atoms with Gasteiger partial charge in [-0.2, -0.15) is 0 Å². The Morgan fingerprint density at radius 3 is 1.62 bits per heavy atom. The number of anilines is 2. The van der Waals surface area contributed by atoms with Crippen LogP contribution in [0.15, 0.2) is 51.4 Å². The molecule has 3 aromatic rings. The third kappa shape index (κ3) is 5.10. The zero-order chi connectivity index (χ0) is 23.6. The van der Waals surface area contributed by atoms with E-state index in [-0.39, 0.29) is 25.8 Å². The van der Waals surface area contributed by atoms with Crippen LogP contribution in [-0.4, -0.2) is 18.9 Å². The number of amides is 2. The molecule has 2 N–H and O–H groups in total. The molecule has 0 aliphatic carbocycles. The maximum Gasteiger partial charge on any atom is 0.259 e. The van der Waals surface area contributed by atoms with Crippen molar-refractivity contribution >= 4 is 55.0 Å². The molecule has 0 aromatic heterocycles. The Labute approximate surface area is 196 Å². The summed E-state index contributed by atoms with van der Waals surface area (Å²) in [6, 6.07) is 7.42. The van der Waals surface area contributed by atoms with Gasteiger partial charge in [0.1, 0.15) is 17.1 Å². The monoisotopic (exact) mass is 574 g/mol. The summed E-state index contributed by atoms with van der Waals surface area (Å²) >= 11 is 5.87. The van der Waals surface area contributed by atoms with Crippen LogP contribution in [0.25, 0.3) is 0 Å². The highest BCUT2D eigenvalue weighted by Crippen LogP contribution is 2.28. The Morgan fingerprint density at radius 2 is 1.19 bits per heavy atom. The van der Waals surface area contributed by atoms with Gasteiger partial charge < -0.3 is 15.4 Å². The second kappa shape index (κ2) is 9.70. The summed E-state index contributed by atoms with van der Waals surface area (Å²) in [6.45, 7) is 0. The number of carbonyl (C=O) groups is 2. The van der Waals surface area contributed by atoms with Crippen molar-refractivity contribution in [3.63, 3.8) is 0 Å². The summed E-state index contributed by atoms with van der Waals surface area (Å²) in [7, 11) is 1.25. The number of methoxy groups -OCH3 is 1. The highest BCUT2D eigenvalue weighted by molar-refractivity contribution is 9.10. The fraction of sp³-hybridized carbons (Fsp3) is 0.0476. The van der Waals surface area contributed by atoms with Gasteiger partial charge in [-0.05, 0) is 42.5 Å². The average molecular weight is 576 g/mol. The molecule has 0 fully saturated rings. The van der Waals surface area contributed by atoms with Crippen molar-refractivity contribution in [2.24, 2.45) is 0 Å². The molecule has 0 unspecified atom stereocenters. The van der Waals surface area contributed by atoms with Crippen LogP contribution in [0.5, 0.6) is 5.75 Å². The number of halogens is 6. The maximum absolute atomic E-state index is 14.1. The first-order valence-corrected chi connectivity index (χ1v) is 10.3. The smallest absolute Gasteiger partial charge is 0.259 e. The Bertz CT molecular complexity index is 1190. The van der Waals surface area contributed by atoms with Gasteiger partial charge in [0.05, 0.1) is 12.7 Å². The van der Waals surface area contributed by atoms with Gasteiger partial charge in [-0.1, -0.05) is 31.9 Å². The van der Waals surface area contributed by atoms with Crippen molar-refractivity contribution in [2.75, 3.05) is 17.7 Å². The summed E-state index contributed by atoms with van der Waals surface area (Å²) < 4.78 is 61.5. The number of ether oxygens (including phenoxy) is 1. The lowest BCUT2D eigenvalue weighted by Gasteiger charge is -2.13. The minimum absolute atomic E-state index is 0.00187. The van der Waals surface area contributed by atoms with Crippen LogP contribution >= 0.6 is 31.9 Å². The van der Waals surface area contributed by atoms with E-state index in [2.05, 4.69) is 42.5 Å². The van der Waals surface area contributed by atoms with Crippen LogP contribution in [0.4, 0.5) is 28.9 Å². The van der Waals surface area contributed by atoms with E-state index in [4.69, 9.17) is 4.74 Å². The lowest BCUT2D eigenvalue weighted by atomic mass is 10.1. The van der Waals surface area contributed by atoms with E-state index < -0.39 is 46.5 Å². The second-order valence-electron chi connectivity index (χ2n) is 6.31. The van der Waals surface area contributed by atoms with E-state index >= 15 is 0 Å². The second-order valence-corrected chi connectivity index (χ2v) is 8.14. The molecule has 0 aliphatic rings. The van der Waals surface area contributed by atoms with Crippen molar-refractivity contribution < 1.29 is 31.9 Å². The van der Waals surface area contributed by atoms with Crippen molar-refractivity contribution in [2.45, 2.75) is 0 Å². The Hall–Kier alpha value is -2.92. The van der Waals surface area contributed by atoms with Crippen LogP contribution in [0.2, 0.25) is 0 Å². The fourth-order valence-electron chi connectivity index (χ4n) is 2.72. The first kappa shape index (κ1) is 23.7. The first-order chi connectivity index (χ1) is 15.1. The van der Waals surface area contributed by atoms with Crippen molar-refractivity contribution in [1.82, 2.24) is 0 Å². The molecule has 0 saturated heterocycles. The van der Waals surface area contributed by atoms with Gasteiger partial charge in [0.25, 0.3) is 11.8 Å². The molecule has 0 aliphatic heterocycles. The summed E-state index contributed by atoms with van der Waals surface area (Å²) in [6.07, 6.45) is 0. The van der Waals surface area contributed by atoms with Crippen LogP contribution in [0, 0.1) is 23.3 Å². The molecule has 166 valence electrons. The van der Waals surface area contributed by atoms with Gasteiger partial charge in [0, 0.05) is 14.5 Å². The van der Waals surface area contributed by atoms with Crippen molar-refractivity contribution in [1.29, 1.82) is 0 Å². The number of nitrogens with one attached hydrogen (secondary N) is 2. The molecule has 3 rings (SSSR count). The summed E-state index contributed by atoms with van der Waals surface area (Å²) in [5, 5.41) is 4.18. The van der Waals surface area contributed by atoms with E-state index in [0.717, 1.165) is 30.3 Å². The SMILES string of the molecule is COc1ccc(C(=O)Nc2c(F)cc(Br)cc2F)cc1C(=O)Nc1c(F)cc(Br)cc1F. The first-order valence-electron chi connectivity index (χ1n) is 8.70. The normalized spacial score (nSPS) is 10.6. The largest absolute Gasteiger partial charge is 0.496 e. The van der Waals surface area contributed by atoms with E-state index in [9.17, 15) is 27.2 Å². The minimum atomic E-state index is -1.03. The number of rotatable bonds is 5. The quantitative estimate of drug-likeness (QED) is 0.352. The molecule has 32 heavy (non-hydrogen) atoms. The lowest BCUT2D eigenvalue weighted by Crippen LogP contribution is -2.18. The molecule has 3 aromatic carbocycles. The summed E-state index contributed by atoms with van der Waals surface area (Å²) in [4.78, 5) is 25.2. The van der Waals surface area contributed by atoms with Crippen LogP contribution in [0.1, 0.15) is 20.7 Å². The van der Waals surface area contributed by atoms with E-state index in [0.29, 0.717) is 0 Å². The van der Waals surface area contributed by atoms with E-state index in [1.165, 1.54) is 19.2 Å².